The van der Waals surface area contributed by atoms with Crippen molar-refractivity contribution in [2.45, 2.75) is 50.9 Å². The van der Waals surface area contributed by atoms with Crippen LogP contribution in [0.4, 0.5) is 0 Å². The highest BCUT2D eigenvalue weighted by atomic mass is 79.9. The van der Waals surface area contributed by atoms with Gasteiger partial charge >= 0.3 is 0 Å². The minimum absolute atomic E-state index is 0.0802. The molecule has 0 radical (unpaired) electrons. The van der Waals surface area contributed by atoms with Gasteiger partial charge in [0.15, 0.2) is 0 Å². The van der Waals surface area contributed by atoms with E-state index >= 15 is 0 Å². The van der Waals surface area contributed by atoms with E-state index in [1.165, 1.54) is 12.8 Å². The Morgan fingerprint density at radius 3 is 2.33 bits per heavy atom. The zero-order valence-electron chi connectivity index (χ0n) is 9.63. The molecule has 1 heterocycles. The zero-order valence-corrected chi connectivity index (χ0v) is 11.2. The molecule has 0 aromatic carbocycles. The zero-order chi connectivity index (χ0) is 11.1. The molecular weight excluding hydrogens is 254 g/mol. The van der Waals surface area contributed by atoms with Gasteiger partial charge in [-0.2, -0.15) is 0 Å². The average molecular weight is 272 g/mol. The lowest BCUT2D eigenvalue weighted by atomic mass is 10.1. The van der Waals surface area contributed by atoms with Crippen LogP contribution in [0.2, 0.25) is 0 Å². The highest BCUT2D eigenvalue weighted by Crippen LogP contribution is 2.33. The first-order valence-electron chi connectivity index (χ1n) is 5.52. The molecule has 1 aromatic rings. The predicted octanol–water partition coefficient (Wildman–Crippen LogP) is 2.88. The third-order valence-corrected chi connectivity index (χ3v) is 3.26. The van der Waals surface area contributed by atoms with E-state index in [-0.39, 0.29) is 5.54 Å². The Morgan fingerprint density at radius 1 is 1.27 bits per heavy atom. The number of aromatic nitrogens is 3. The maximum absolute atomic E-state index is 4.32. The van der Waals surface area contributed by atoms with Crippen molar-refractivity contribution in [3.8, 4) is 0 Å². The standard InChI is InChI=1S/C11H18BrN3/c1-11(2,3)15-9(6-8-4-5-8)13-14-10(15)7-12/h8H,4-7H2,1-3H3. The van der Waals surface area contributed by atoms with Gasteiger partial charge in [-0.15, -0.1) is 10.2 Å². The number of halogens is 1. The third kappa shape index (κ3) is 2.41. The van der Waals surface area contributed by atoms with Gasteiger partial charge in [0, 0.05) is 12.0 Å². The fraction of sp³-hybridized carbons (Fsp3) is 0.818. The average Bonchev–Trinajstić information content (AvgIpc) is 2.81. The molecule has 1 saturated carbocycles. The van der Waals surface area contributed by atoms with Crippen molar-refractivity contribution in [1.82, 2.24) is 14.8 Å². The number of hydrogen-bond donors (Lipinski definition) is 0. The summed E-state index contributed by atoms with van der Waals surface area (Å²) in [6, 6.07) is 0. The van der Waals surface area contributed by atoms with Crippen LogP contribution in [0.1, 0.15) is 45.3 Å². The monoisotopic (exact) mass is 271 g/mol. The summed E-state index contributed by atoms with van der Waals surface area (Å²) in [4.78, 5) is 0. The van der Waals surface area contributed by atoms with Gasteiger partial charge in [-0.3, -0.25) is 0 Å². The van der Waals surface area contributed by atoms with Crippen LogP contribution < -0.4 is 0 Å². The van der Waals surface area contributed by atoms with Gasteiger partial charge < -0.3 is 4.57 Å². The Hall–Kier alpha value is -0.380. The molecule has 1 aliphatic rings. The topological polar surface area (TPSA) is 30.7 Å². The Labute approximate surface area is 99.4 Å². The van der Waals surface area contributed by atoms with E-state index in [0.717, 1.165) is 29.3 Å². The van der Waals surface area contributed by atoms with E-state index in [1.54, 1.807) is 0 Å². The molecule has 0 saturated heterocycles. The minimum atomic E-state index is 0.0802. The molecule has 0 aliphatic heterocycles. The van der Waals surface area contributed by atoms with E-state index in [2.05, 4.69) is 51.5 Å². The molecule has 2 rings (SSSR count). The van der Waals surface area contributed by atoms with Crippen LogP contribution in [0.3, 0.4) is 0 Å². The summed E-state index contributed by atoms with van der Waals surface area (Å²) in [7, 11) is 0. The van der Waals surface area contributed by atoms with Gasteiger partial charge in [-0.25, -0.2) is 0 Å². The van der Waals surface area contributed by atoms with Crippen LogP contribution in [-0.4, -0.2) is 14.8 Å². The normalized spacial score (nSPS) is 17.1. The van der Waals surface area contributed by atoms with Crippen molar-refractivity contribution < 1.29 is 0 Å². The van der Waals surface area contributed by atoms with E-state index < -0.39 is 0 Å². The summed E-state index contributed by atoms with van der Waals surface area (Å²) in [6.45, 7) is 6.62. The first kappa shape index (κ1) is 11.1. The van der Waals surface area contributed by atoms with Gasteiger partial charge in [0.05, 0.1) is 5.33 Å². The van der Waals surface area contributed by atoms with E-state index in [4.69, 9.17) is 0 Å². The SMILES string of the molecule is CC(C)(C)n1c(CBr)nnc1CC1CC1. The molecule has 0 amide bonds. The molecule has 1 aromatic heterocycles. The molecule has 3 nitrogen and oxygen atoms in total. The molecule has 1 aliphatic carbocycles. The first-order valence-corrected chi connectivity index (χ1v) is 6.64. The van der Waals surface area contributed by atoms with Crippen molar-refractivity contribution in [3.05, 3.63) is 11.6 Å². The second-order valence-electron chi connectivity index (χ2n) is 5.32. The molecule has 0 bridgehead atoms. The van der Waals surface area contributed by atoms with Gasteiger partial charge in [0.1, 0.15) is 11.6 Å². The van der Waals surface area contributed by atoms with Crippen LogP contribution in [0.15, 0.2) is 0 Å². The van der Waals surface area contributed by atoms with Crippen molar-refractivity contribution in [2.75, 3.05) is 0 Å². The molecule has 84 valence electrons. The molecule has 0 spiro atoms. The summed E-state index contributed by atoms with van der Waals surface area (Å²) >= 11 is 3.47. The Bertz CT molecular complexity index is 347. The van der Waals surface area contributed by atoms with E-state index in [1.807, 2.05) is 0 Å². The maximum Gasteiger partial charge on any atom is 0.144 e. The second kappa shape index (κ2) is 3.89. The van der Waals surface area contributed by atoms with Crippen molar-refractivity contribution in [3.63, 3.8) is 0 Å². The fourth-order valence-electron chi connectivity index (χ4n) is 1.93. The van der Waals surface area contributed by atoms with E-state index in [0.29, 0.717) is 0 Å². The Morgan fingerprint density at radius 2 is 1.87 bits per heavy atom. The maximum atomic E-state index is 4.32. The van der Waals surface area contributed by atoms with Gasteiger partial charge in [-0.05, 0) is 39.5 Å². The van der Waals surface area contributed by atoms with E-state index in [9.17, 15) is 0 Å². The van der Waals surface area contributed by atoms with Crippen molar-refractivity contribution in [1.29, 1.82) is 0 Å². The highest BCUT2D eigenvalue weighted by molar-refractivity contribution is 9.08. The molecule has 1 fully saturated rings. The summed E-state index contributed by atoms with van der Waals surface area (Å²) in [5, 5.41) is 9.34. The Kier molecular flexibility index (Phi) is 2.88. The molecule has 0 unspecified atom stereocenters. The molecular formula is C11H18BrN3. The van der Waals surface area contributed by atoms with Gasteiger partial charge in [0.2, 0.25) is 0 Å². The number of alkyl halides is 1. The molecule has 15 heavy (non-hydrogen) atoms. The lowest BCUT2D eigenvalue weighted by molar-refractivity contribution is 0.371. The Balaban J connectivity index is 2.31. The highest BCUT2D eigenvalue weighted by Gasteiger charge is 2.28. The smallest absolute Gasteiger partial charge is 0.144 e. The molecule has 0 N–H and O–H groups in total. The summed E-state index contributed by atoms with van der Waals surface area (Å²) in [5.41, 5.74) is 0.0802. The molecule has 0 atom stereocenters. The van der Waals surface area contributed by atoms with Gasteiger partial charge in [0.25, 0.3) is 0 Å². The van der Waals surface area contributed by atoms with Crippen LogP contribution >= 0.6 is 15.9 Å². The lowest BCUT2D eigenvalue weighted by Gasteiger charge is -2.24. The quantitative estimate of drug-likeness (QED) is 0.792. The van der Waals surface area contributed by atoms with Crippen LogP contribution in [-0.2, 0) is 17.3 Å². The second-order valence-corrected chi connectivity index (χ2v) is 5.88. The van der Waals surface area contributed by atoms with Crippen LogP contribution in [0, 0.1) is 5.92 Å². The number of rotatable bonds is 3. The van der Waals surface area contributed by atoms with Gasteiger partial charge in [-0.1, -0.05) is 15.9 Å². The summed E-state index contributed by atoms with van der Waals surface area (Å²) in [5.74, 6) is 3.05. The third-order valence-electron chi connectivity index (χ3n) is 2.76. The fourth-order valence-corrected chi connectivity index (χ4v) is 2.29. The lowest BCUT2D eigenvalue weighted by Crippen LogP contribution is -2.26. The van der Waals surface area contributed by atoms with Crippen molar-refractivity contribution in [2.24, 2.45) is 5.92 Å². The number of nitrogens with zero attached hydrogens (tertiary/aromatic N) is 3. The largest absolute Gasteiger partial charge is 0.309 e. The molecule has 4 heteroatoms. The first-order chi connectivity index (χ1) is 7.02. The summed E-state index contributed by atoms with van der Waals surface area (Å²) < 4.78 is 2.28. The predicted molar refractivity (Wildman–Crippen MR) is 64.1 cm³/mol. The van der Waals surface area contributed by atoms with Crippen LogP contribution in [0.25, 0.3) is 0 Å². The summed E-state index contributed by atoms with van der Waals surface area (Å²) in [6.07, 6.45) is 3.82. The minimum Gasteiger partial charge on any atom is -0.309 e. The number of hydrogen-bond acceptors (Lipinski definition) is 2. The van der Waals surface area contributed by atoms with Crippen LogP contribution in [0.5, 0.6) is 0 Å². The van der Waals surface area contributed by atoms with Crippen molar-refractivity contribution >= 4 is 15.9 Å².